The Bertz CT molecular complexity index is 572. The molecule has 1 fully saturated rings. The summed E-state index contributed by atoms with van der Waals surface area (Å²) in [5.74, 6) is -0.0485. The number of aliphatic carboxylic acids is 1. The number of hydrogen-bond acceptors (Lipinski definition) is 3. The summed E-state index contributed by atoms with van der Waals surface area (Å²) in [7, 11) is 0. The zero-order chi connectivity index (χ0) is 15.8. The predicted octanol–water partition coefficient (Wildman–Crippen LogP) is 2.38. The molecule has 1 aliphatic heterocycles. The number of carbonyl (C=O) groups excluding carboxylic acids is 1. The first-order valence-corrected chi connectivity index (χ1v) is 8.26. The lowest BCUT2D eigenvalue weighted by molar-refractivity contribution is -0.143. The van der Waals surface area contributed by atoms with Crippen LogP contribution in [0.4, 0.5) is 0 Å². The van der Waals surface area contributed by atoms with E-state index in [2.05, 4.69) is 23.7 Å². The highest BCUT2D eigenvalue weighted by molar-refractivity contribution is 7.99. The van der Waals surface area contributed by atoms with Gasteiger partial charge >= 0.3 is 5.97 Å². The molecule has 5 nitrogen and oxygen atoms in total. The van der Waals surface area contributed by atoms with Crippen LogP contribution in [0.25, 0.3) is 0 Å². The first-order valence-electron chi connectivity index (χ1n) is 7.10. The van der Waals surface area contributed by atoms with Crippen molar-refractivity contribution in [2.45, 2.75) is 45.7 Å². The first kappa shape index (κ1) is 15.9. The first-order chi connectivity index (χ1) is 9.78. The van der Waals surface area contributed by atoms with Crippen LogP contribution >= 0.6 is 11.8 Å². The van der Waals surface area contributed by atoms with Crippen LogP contribution in [0.15, 0.2) is 6.07 Å². The molecule has 1 saturated heterocycles. The molecular weight excluding hydrogens is 288 g/mol. The van der Waals surface area contributed by atoms with Crippen LogP contribution in [0.2, 0.25) is 0 Å². The van der Waals surface area contributed by atoms with Gasteiger partial charge in [-0.15, -0.1) is 0 Å². The smallest absolute Gasteiger partial charge is 0.330 e. The van der Waals surface area contributed by atoms with Gasteiger partial charge in [0.05, 0.1) is 5.56 Å². The number of nitrogens with zero attached hydrogens (tertiary/aromatic N) is 1. The third-order valence-electron chi connectivity index (χ3n) is 4.03. The molecule has 0 aliphatic carbocycles. The van der Waals surface area contributed by atoms with Crippen molar-refractivity contribution in [3.8, 4) is 0 Å². The molecule has 0 aromatic carbocycles. The second-order valence-electron chi connectivity index (χ2n) is 5.89. The molecule has 1 aliphatic rings. The number of nitrogens with one attached hydrogen (secondary N) is 1. The zero-order valence-electron chi connectivity index (χ0n) is 12.9. The molecule has 6 heteroatoms. The van der Waals surface area contributed by atoms with Crippen molar-refractivity contribution in [3.05, 3.63) is 23.0 Å². The van der Waals surface area contributed by atoms with Gasteiger partial charge in [0.2, 0.25) is 0 Å². The van der Waals surface area contributed by atoms with E-state index in [1.807, 2.05) is 19.9 Å². The highest BCUT2D eigenvalue weighted by atomic mass is 32.2. The molecule has 1 aromatic rings. The van der Waals surface area contributed by atoms with Crippen molar-refractivity contribution < 1.29 is 14.7 Å². The van der Waals surface area contributed by atoms with E-state index in [-0.39, 0.29) is 11.9 Å². The second kappa shape index (κ2) is 5.75. The molecule has 0 saturated carbocycles. The van der Waals surface area contributed by atoms with Crippen LogP contribution in [0, 0.1) is 13.8 Å². The van der Waals surface area contributed by atoms with Crippen LogP contribution < -0.4 is 5.32 Å². The highest BCUT2D eigenvalue weighted by Gasteiger charge is 2.43. The van der Waals surface area contributed by atoms with E-state index in [0.29, 0.717) is 17.7 Å². The summed E-state index contributed by atoms with van der Waals surface area (Å²) in [5, 5.41) is 12.2. The van der Waals surface area contributed by atoms with Crippen LogP contribution in [0.3, 0.4) is 0 Å². The van der Waals surface area contributed by atoms with Gasteiger partial charge in [0.1, 0.15) is 5.54 Å². The largest absolute Gasteiger partial charge is 0.479 e. The van der Waals surface area contributed by atoms with Crippen molar-refractivity contribution in [1.82, 2.24) is 9.88 Å². The van der Waals surface area contributed by atoms with E-state index in [9.17, 15) is 14.7 Å². The monoisotopic (exact) mass is 310 g/mol. The van der Waals surface area contributed by atoms with Gasteiger partial charge in [-0.05, 0) is 45.9 Å². The van der Waals surface area contributed by atoms with Gasteiger partial charge in [-0.2, -0.15) is 11.8 Å². The van der Waals surface area contributed by atoms with Gasteiger partial charge in [-0.3, -0.25) is 4.79 Å². The van der Waals surface area contributed by atoms with Crippen molar-refractivity contribution in [1.29, 1.82) is 0 Å². The molecular formula is C15H22N2O3S. The Labute approximate surface area is 129 Å². The van der Waals surface area contributed by atoms with E-state index in [1.165, 1.54) is 0 Å². The minimum absolute atomic E-state index is 0.266. The lowest BCUT2D eigenvalue weighted by atomic mass is 9.98. The molecule has 1 aromatic heterocycles. The maximum atomic E-state index is 12.5. The molecule has 2 N–H and O–H groups in total. The summed E-state index contributed by atoms with van der Waals surface area (Å²) >= 11 is 1.56. The maximum absolute atomic E-state index is 12.5. The number of thioether (sulfide) groups is 1. The second-order valence-corrected chi connectivity index (χ2v) is 7.00. The summed E-state index contributed by atoms with van der Waals surface area (Å²) < 4.78 is 2.09. The average Bonchev–Trinajstić information content (AvgIpc) is 2.95. The van der Waals surface area contributed by atoms with E-state index in [0.717, 1.165) is 17.1 Å². The molecule has 21 heavy (non-hydrogen) atoms. The molecule has 1 atom stereocenters. The number of carboxylic acids is 1. The van der Waals surface area contributed by atoms with Gasteiger partial charge in [0.15, 0.2) is 0 Å². The highest BCUT2D eigenvalue weighted by Crippen LogP contribution is 2.29. The average molecular weight is 310 g/mol. The summed E-state index contributed by atoms with van der Waals surface area (Å²) in [6.45, 7) is 7.99. The Morgan fingerprint density at radius 1 is 1.43 bits per heavy atom. The van der Waals surface area contributed by atoms with E-state index < -0.39 is 11.5 Å². The Morgan fingerprint density at radius 3 is 2.52 bits per heavy atom. The number of carboxylic acid groups (broad SMARTS) is 1. The fourth-order valence-electron chi connectivity index (χ4n) is 2.97. The third-order valence-corrected chi connectivity index (χ3v) is 5.22. The quantitative estimate of drug-likeness (QED) is 0.895. The molecule has 2 heterocycles. The minimum atomic E-state index is -1.12. The summed E-state index contributed by atoms with van der Waals surface area (Å²) in [6.07, 6.45) is 0.474. The minimum Gasteiger partial charge on any atom is -0.479 e. The predicted molar refractivity (Wildman–Crippen MR) is 84.1 cm³/mol. The van der Waals surface area contributed by atoms with Crippen LogP contribution in [0.1, 0.15) is 48.1 Å². The molecule has 0 bridgehead atoms. The van der Waals surface area contributed by atoms with E-state index in [1.54, 1.807) is 11.8 Å². The third kappa shape index (κ3) is 2.81. The van der Waals surface area contributed by atoms with Gasteiger partial charge in [-0.25, -0.2) is 4.79 Å². The maximum Gasteiger partial charge on any atom is 0.330 e. The molecule has 0 spiro atoms. The number of aromatic nitrogens is 1. The number of aryl methyl sites for hydroxylation is 1. The van der Waals surface area contributed by atoms with Gasteiger partial charge in [0, 0.05) is 23.2 Å². The van der Waals surface area contributed by atoms with Gasteiger partial charge in [0.25, 0.3) is 5.91 Å². The normalized spacial score (nSPS) is 21.8. The van der Waals surface area contributed by atoms with Crippen molar-refractivity contribution in [2.75, 3.05) is 11.5 Å². The number of rotatable bonds is 4. The standard InChI is InChI=1S/C15H22N2O3S/c1-9(2)17-10(3)7-12(11(17)4)13(18)16-15(14(19)20)5-6-21-8-15/h7,9H,5-6,8H2,1-4H3,(H,16,18)(H,19,20). The summed E-state index contributed by atoms with van der Waals surface area (Å²) in [4.78, 5) is 24.0. The number of carbonyl (C=O) groups is 2. The fraction of sp³-hybridized carbons (Fsp3) is 0.600. The molecule has 1 amide bonds. The summed E-state index contributed by atoms with van der Waals surface area (Å²) in [5.41, 5.74) is 1.34. The molecule has 2 rings (SSSR count). The Hall–Kier alpha value is -1.43. The molecule has 0 radical (unpaired) electrons. The van der Waals surface area contributed by atoms with Gasteiger partial charge < -0.3 is 15.0 Å². The Kier molecular flexibility index (Phi) is 4.37. The van der Waals surface area contributed by atoms with E-state index in [4.69, 9.17) is 0 Å². The number of hydrogen-bond donors (Lipinski definition) is 2. The Morgan fingerprint density at radius 2 is 2.10 bits per heavy atom. The van der Waals surface area contributed by atoms with E-state index >= 15 is 0 Å². The lowest BCUT2D eigenvalue weighted by Crippen LogP contribution is -2.54. The van der Waals surface area contributed by atoms with Crippen molar-refractivity contribution in [3.63, 3.8) is 0 Å². The van der Waals surface area contributed by atoms with Crippen molar-refractivity contribution in [2.24, 2.45) is 0 Å². The lowest BCUT2D eigenvalue weighted by Gasteiger charge is -2.24. The topological polar surface area (TPSA) is 71.3 Å². The van der Waals surface area contributed by atoms with Crippen molar-refractivity contribution >= 4 is 23.6 Å². The Balaban J connectivity index is 2.29. The van der Waals surface area contributed by atoms with Gasteiger partial charge in [-0.1, -0.05) is 0 Å². The molecule has 116 valence electrons. The fourth-order valence-corrected chi connectivity index (χ4v) is 4.30. The molecule has 1 unspecified atom stereocenters. The van der Waals surface area contributed by atoms with Crippen LogP contribution in [-0.4, -0.2) is 38.6 Å². The summed E-state index contributed by atoms with van der Waals surface area (Å²) in [6, 6.07) is 2.10. The van der Waals surface area contributed by atoms with Crippen LogP contribution in [0.5, 0.6) is 0 Å². The zero-order valence-corrected chi connectivity index (χ0v) is 13.7. The number of amides is 1. The van der Waals surface area contributed by atoms with Crippen LogP contribution in [-0.2, 0) is 4.79 Å². The SMILES string of the molecule is Cc1cc(C(=O)NC2(C(=O)O)CCSC2)c(C)n1C(C)C.